The van der Waals surface area contributed by atoms with Gasteiger partial charge in [0.25, 0.3) is 5.91 Å². The third-order valence-corrected chi connectivity index (χ3v) is 3.94. The number of nitrogens with zero attached hydrogens (tertiary/aromatic N) is 1. The van der Waals surface area contributed by atoms with E-state index in [-0.39, 0.29) is 5.91 Å². The van der Waals surface area contributed by atoms with E-state index in [2.05, 4.69) is 31.8 Å². The van der Waals surface area contributed by atoms with E-state index in [1.165, 1.54) is 6.21 Å². The summed E-state index contributed by atoms with van der Waals surface area (Å²) in [5, 5.41) is 7.70. The molecular formula is C17H17BrClN3O2. The van der Waals surface area contributed by atoms with Gasteiger partial charge in [-0.15, -0.1) is 0 Å². The molecule has 0 saturated heterocycles. The van der Waals surface area contributed by atoms with Crippen molar-refractivity contribution in [3.63, 3.8) is 0 Å². The summed E-state index contributed by atoms with van der Waals surface area (Å²) < 4.78 is 6.14. The number of methoxy groups -OCH3 is 1. The molecule has 1 amide bonds. The molecule has 0 radical (unpaired) electrons. The van der Waals surface area contributed by atoms with E-state index in [1.54, 1.807) is 26.2 Å². The Morgan fingerprint density at radius 2 is 2.00 bits per heavy atom. The summed E-state index contributed by atoms with van der Waals surface area (Å²) in [5.74, 6) is 0.415. The van der Waals surface area contributed by atoms with Gasteiger partial charge in [-0.3, -0.25) is 4.79 Å². The Balaban J connectivity index is 1.94. The fourth-order valence-electron chi connectivity index (χ4n) is 1.93. The number of ether oxygens (including phenoxy) is 1. The lowest BCUT2D eigenvalue weighted by atomic mass is 10.2. The van der Waals surface area contributed by atoms with E-state index >= 15 is 0 Å². The van der Waals surface area contributed by atoms with Crippen molar-refractivity contribution in [2.24, 2.45) is 5.10 Å². The van der Waals surface area contributed by atoms with Crippen molar-refractivity contribution in [1.82, 2.24) is 5.43 Å². The highest BCUT2D eigenvalue weighted by molar-refractivity contribution is 9.10. The van der Waals surface area contributed by atoms with Crippen LogP contribution in [0.5, 0.6) is 5.75 Å². The lowest BCUT2D eigenvalue weighted by Gasteiger charge is -2.13. The number of benzene rings is 2. The third kappa shape index (κ3) is 5.25. The summed E-state index contributed by atoms with van der Waals surface area (Å²) in [4.78, 5) is 12.1. The van der Waals surface area contributed by atoms with Gasteiger partial charge in [0, 0.05) is 20.7 Å². The van der Waals surface area contributed by atoms with Crippen molar-refractivity contribution in [3.05, 3.63) is 57.5 Å². The van der Waals surface area contributed by atoms with Crippen molar-refractivity contribution < 1.29 is 9.53 Å². The monoisotopic (exact) mass is 409 g/mol. The second kappa shape index (κ2) is 8.70. The van der Waals surface area contributed by atoms with Crippen LogP contribution in [0.15, 0.2) is 52.0 Å². The molecule has 2 aromatic carbocycles. The van der Waals surface area contributed by atoms with E-state index in [0.29, 0.717) is 10.8 Å². The van der Waals surface area contributed by atoms with Gasteiger partial charge in [0.15, 0.2) is 0 Å². The highest BCUT2D eigenvalue weighted by Gasteiger charge is 2.11. The number of hydrazone groups is 1. The maximum absolute atomic E-state index is 12.1. The summed E-state index contributed by atoms with van der Waals surface area (Å²) in [6.45, 7) is 1.75. The first kappa shape index (κ1) is 18.3. The molecule has 2 aromatic rings. The predicted molar refractivity (Wildman–Crippen MR) is 101 cm³/mol. The zero-order chi connectivity index (χ0) is 17.5. The highest BCUT2D eigenvalue weighted by Crippen LogP contribution is 2.21. The summed E-state index contributed by atoms with van der Waals surface area (Å²) in [5.41, 5.74) is 4.06. The van der Waals surface area contributed by atoms with Crippen LogP contribution < -0.4 is 15.5 Å². The van der Waals surface area contributed by atoms with Crippen LogP contribution in [0.2, 0.25) is 5.02 Å². The molecule has 0 aliphatic carbocycles. The van der Waals surface area contributed by atoms with E-state index in [9.17, 15) is 4.79 Å². The Labute approximate surface area is 154 Å². The molecule has 2 N–H and O–H groups in total. The van der Waals surface area contributed by atoms with Gasteiger partial charge in [0.05, 0.1) is 13.3 Å². The van der Waals surface area contributed by atoms with Crippen LogP contribution >= 0.6 is 27.5 Å². The van der Waals surface area contributed by atoms with Crippen LogP contribution in [0.1, 0.15) is 12.5 Å². The molecule has 7 heteroatoms. The van der Waals surface area contributed by atoms with Crippen LogP contribution in [0.25, 0.3) is 0 Å². The average Bonchev–Trinajstić information content (AvgIpc) is 2.57. The van der Waals surface area contributed by atoms with Gasteiger partial charge in [-0.25, -0.2) is 5.43 Å². The molecule has 24 heavy (non-hydrogen) atoms. The largest absolute Gasteiger partial charge is 0.496 e. The van der Waals surface area contributed by atoms with E-state index in [1.807, 2.05) is 30.3 Å². The number of halogens is 2. The standard InChI is InChI=1S/C17H17BrClN3O2/c1-11(21-15-6-4-14(19)5-7-15)17(23)22-20-10-12-9-13(18)3-8-16(12)24-2/h3-11,21H,1-2H3,(H,22,23)/b20-10-/t11-/m0/s1. The van der Waals surface area contributed by atoms with Gasteiger partial charge in [-0.05, 0) is 49.4 Å². The van der Waals surface area contributed by atoms with Crippen molar-refractivity contribution in [2.75, 3.05) is 12.4 Å². The minimum absolute atomic E-state index is 0.254. The SMILES string of the molecule is COc1ccc(Br)cc1/C=N\NC(=O)[C@H](C)Nc1ccc(Cl)cc1. The average molecular weight is 411 g/mol. The smallest absolute Gasteiger partial charge is 0.262 e. The number of hydrogen-bond donors (Lipinski definition) is 2. The van der Waals surface area contributed by atoms with Crippen molar-refractivity contribution in [2.45, 2.75) is 13.0 Å². The molecule has 0 heterocycles. The number of anilines is 1. The molecule has 0 aliphatic rings. The summed E-state index contributed by atoms with van der Waals surface area (Å²) in [6, 6.07) is 12.2. The quantitative estimate of drug-likeness (QED) is 0.557. The summed E-state index contributed by atoms with van der Waals surface area (Å²) >= 11 is 9.22. The normalized spacial score (nSPS) is 12.0. The molecule has 0 unspecified atom stereocenters. The van der Waals surface area contributed by atoms with Gasteiger partial charge in [-0.1, -0.05) is 27.5 Å². The summed E-state index contributed by atoms with van der Waals surface area (Å²) in [6.07, 6.45) is 1.54. The number of hydrogen-bond acceptors (Lipinski definition) is 4. The third-order valence-electron chi connectivity index (χ3n) is 3.19. The molecule has 126 valence electrons. The predicted octanol–water partition coefficient (Wildman–Crippen LogP) is 4.06. The second-order valence-corrected chi connectivity index (χ2v) is 6.35. The molecule has 5 nitrogen and oxygen atoms in total. The van der Waals surface area contributed by atoms with Crippen molar-refractivity contribution in [1.29, 1.82) is 0 Å². The van der Waals surface area contributed by atoms with Gasteiger partial charge in [-0.2, -0.15) is 5.10 Å². The number of carbonyl (C=O) groups excluding carboxylic acids is 1. The van der Waals surface area contributed by atoms with Crippen LogP contribution in [0.3, 0.4) is 0 Å². The molecule has 0 spiro atoms. The maximum Gasteiger partial charge on any atom is 0.262 e. The number of carbonyl (C=O) groups is 1. The zero-order valence-corrected chi connectivity index (χ0v) is 15.6. The topological polar surface area (TPSA) is 62.7 Å². The summed E-state index contributed by atoms with van der Waals surface area (Å²) in [7, 11) is 1.58. The first-order valence-electron chi connectivity index (χ1n) is 7.18. The molecule has 0 aliphatic heterocycles. The van der Waals surface area contributed by atoms with Crippen LogP contribution in [0, 0.1) is 0 Å². The van der Waals surface area contributed by atoms with E-state index in [0.717, 1.165) is 15.7 Å². The fourth-order valence-corrected chi connectivity index (χ4v) is 2.43. The Morgan fingerprint density at radius 1 is 1.29 bits per heavy atom. The van der Waals surface area contributed by atoms with Gasteiger partial charge >= 0.3 is 0 Å². The lowest BCUT2D eigenvalue weighted by molar-refractivity contribution is -0.121. The molecular weight excluding hydrogens is 394 g/mol. The number of nitrogens with one attached hydrogen (secondary N) is 2. The zero-order valence-electron chi connectivity index (χ0n) is 13.2. The maximum atomic E-state index is 12.1. The van der Waals surface area contributed by atoms with Crippen molar-refractivity contribution >= 4 is 45.3 Å². The number of amides is 1. The van der Waals surface area contributed by atoms with Gasteiger partial charge < -0.3 is 10.1 Å². The van der Waals surface area contributed by atoms with Crippen LogP contribution in [0.4, 0.5) is 5.69 Å². The van der Waals surface area contributed by atoms with E-state index < -0.39 is 6.04 Å². The minimum atomic E-state index is -0.451. The molecule has 2 rings (SSSR count). The molecule has 0 saturated carbocycles. The Bertz CT molecular complexity index is 735. The molecule has 0 bridgehead atoms. The van der Waals surface area contributed by atoms with E-state index in [4.69, 9.17) is 16.3 Å². The van der Waals surface area contributed by atoms with Crippen molar-refractivity contribution in [3.8, 4) is 5.75 Å². The molecule has 1 atom stereocenters. The number of rotatable bonds is 6. The fraction of sp³-hybridized carbons (Fsp3) is 0.176. The lowest BCUT2D eigenvalue weighted by Crippen LogP contribution is -2.34. The minimum Gasteiger partial charge on any atom is -0.496 e. The second-order valence-electron chi connectivity index (χ2n) is 4.99. The first-order valence-corrected chi connectivity index (χ1v) is 8.35. The Hall–Kier alpha value is -2.05. The van der Waals surface area contributed by atoms with Gasteiger partial charge in [0.1, 0.15) is 11.8 Å². The Kier molecular flexibility index (Phi) is 6.63. The van der Waals surface area contributed by atoms with Crippen LogP contribution in [-0.4, -0.2) is 25.3 Å². The molecule has 0 fully saturated rings. The molecule has 0 aromatic heterocycles. The first-order chi connectivity index (χ1) is 11.5. The highest BCUT2D eigenvalue weighted by atomic mass is 79.9. The van der Waals surface area contributed by atoms with Crippen LogP contribution in [-0.2, 0) is 4.79 Å². The Morgan fingerprint density at radius 3 is 2.67 bits per heavy atom. The van der Waals surface area contributed by atoms with Gasteiger partial charge in [0.2, 0.25) is 0 Å².